The molecule has 5 heteroatoms. The van der Waals surface area contributed by atoms with E-state index in [0.29, 0.717) is 6.54 Å². The van der Waals surface area contributed by atoms with Crippen LogP contribution in [0, 0.1) is 11.8 Å². The van der Waals surface area contributed by atoms with Crippen LogP contribution in [0.5, 0.6) is 0 Å². The van der Waals surface area contributed by atoms with E-state index in [2.05, 4.69) is 10.2 Å². The summed E-state index contributed by atoms with van der Waals surface area (Å²) in [5, 5.41) is 2.84. The lowest BCUT2D eigenvalue weighted by Crippen LogP contribution is -2.49. The molecule has 1 aromatic carbocycles. The molecule has 2 heterocycles. The Morgan fingerprint density at radius 1 is 1.12 bits per heavy atom. The van der Waals surface area contributed by atoms with Crippen LogP contribution in [0.4, 0.5) is 11.4 Å². The highest BCUT2D eigenvalue weighted by Crippen LogP contribution is 2.36. The van der Waals surface area contributed by atoms with Crippen LogP contribution in [0.1, 0.15) is 32.1 Å². The quantitative estimate of drug-likeness (QED) is 0.908. The second-order valence-corrected chi connectivity index (χ2v) is 7.37. The molecule has 3 aliphatic rings. The SMILES string of the molecule is O=C1CN(C(=O)CN2CC[C@H]3CCCC[C@@H]3C2)c2ccccc2N1. The Hall–Kier alpha value is -1.88. The Morgan fingerprint density at radius 3 is 2.79 bits per heavy atom. The zero-order valence-electron chi connectivity index (χ0n) is 14.0. The van der Waals surface area contributed by atoms with Gasteiger partial charge in [0.25, 0.3) is 0 Å². The van der Waals surface area contributed by atoms with Gasteiger partial charge in [-0.3, -0.25) is 19.4 Å². The molecule has 1 saturated heterocycles. The number of carbonyl (C=O) groups is 2. The van der Waals surface area contributed by atoms with Crippen molar-refractivity contribution in [2.24, 2.45) is 11.8 Å². The fraction of sp³-hybridized carbons (Fsp3) is 0.579. The van der Waals surface area contributed by atoms with Crippen molar-refractivity contribution in [2.45, 2.75) is 32.1 Å². The monoisotopic (exact) mass is 327 g/mol. The van der Waals surface area contributed by atoms with Crippen LogP contribution in [0.15, 0.2) is 24.3 Å². The molecule has 2 fully saturated rings. The van der Waals surface area contributed by atoms with E-state index < -0.39 is 0 Å². The smallest absolute Gasteiger partial charge is 0.244 e. The van der Waals surface area contributed by atoms with E-state index in [4.69, 9.17) is 0 Å². The molecular weight excluding hydrogens is 302 g/mol. The van der Waals surface area contributed by atoms with Crippen molar-refractivity contribution < 1.29 is 9.59 Å². The molecule has 5 nitrogen and oxygen atoms in total. The van der Waals surface area contributed by atoms with Gasteiger partial charge in [-0.1, -0.05) is 31.4 Å². The summed E-state index contributed by atoms with van der Waals surface area (Å²) in [6, 6.07) is 7.53. The van der Waals surface area contributed by atoms with Gasteiger partial charge in [0.15, 0.2) is 0 Å². The average molecular weight is 327 g/mol. The largest absolute Gasteiger partial charge is 0.323 e. The molecule has 0 bridgehead atoms. The Balaban J connectivity index is 1.44. The van der Waals surface area contributed by atoms with Crippen molar-refractivity contribution in [3.63, 3.8) is 0 Å². The number of carbonyl (C=O) groups excluding carboxylic acids is 2. The topological polar surface area (TPSA) is 52.7 Å². The second-order valence-electron chi connectivity index (χ2n) is 7.37. The highest BCUT2D eigenvalue weighted by atomic mass is 16.2. The number of piperidine rings is 1. The minimum Gasteiger partial charge on any atom is -0.323 e. The van der Waals surface area contributed by atoms with Gasteiger partial charge in [-0.05, 0) is 43.4 Å². The standard InChI is InChI=1S/C19H25N3O2/c23-18-12-22(17-8-4-3-7-16(17)20-18)19(24)13-21-10-9-14-5-1-2-6-15(14)11-21/h3-4,7-8,14-15H,1-2,5-6,9-13H2,(H,20,23)/t14-,15-/m1/s1. The molecule has 1 saturated carbocycles. The molecule has 2 atom stereocenters. The van der Waals surface area contributed by atoms with Crippen LogP contribution in [-0.4, -0.2) is 42.9 Å². The van der Waals surface area contributed by atoms with E-state index in [1.807, 2.05) is 24.3 Å². The van der Waals surface area contributed by atoms with E-state index in [0.717, 1.165) is 36.3 Å². The molecular formula is C19H25N3O2. The van der Waals surface area contributed by atoms with Crippen LogP contribution >= 0.6 is 0 Å². The predicted molar refractivity (Wildman–Crippen MR) is 93.9 cm³/mol. The zero-order chi connectivity index (χ0) is 16.5. The fourth-order valence-electron chi connectivity index (χ4n) is 4.55. The van der Waals surface area contributed by atoms with Crippen molar-refractivity contribution in [1.82, 2.24) is 4.90 Å². The molecule has 0 radical (unpaired) electrons. The Bertz CT molecular complexity index is 645. The third-order valence-electron chi connectivity index (χ3n) is 5.81. The molecule has 0 aromatic heterocycles. The lowest BCUT2D eigenvalue weighted by Gasteiger charge is -2.41. The Morgan fingerprint density at radius 2 is 1.92 bits per heavy atom. The number of amides is 2. The van der Waals surface area contributed by atoms with E-state index in [-0.39, 0.29) is 18.4 Å². The minimum absolute atomic E-state index is 0.0339. The summed E-state index contributed by atoms with van der Waals surface area (Å²) in [6.45, 7) is 2.59. The Kier molecular flexibility index (Phi) is 4.27. The third-order valence-corrected chi connectivity index (χ3v) is 5.81. The predicted octanol–water partition coefficient (Wildman–Crippen LogP) is 2.48. The highest BCUT2D eigenvalue weighted by Gasteiger charge is 2.33. The molecule has 4 rings (SSSR count). The van der Waals surface area contributed by atoms with E-state index in [1.54, 1.807) is 4.90 Å². The summed E-state index contributed by atoms with van der Waals surface area (Å²) in [4.78, 5) is 28.7. The van der Waals surface area contributed by atoms with Gasteiger partial charge >= 0.3 is 0 Å². The highest BCUT2D eigenvalue weighted by molar-refractivity contribution is 6.10. The summed E-state index contributed by atoms with van der Waals surface area (Å²) in [5.41, 5.74) is 1.54. The van der Waals surface area contributed by atoms with Crippen LogP contribution in [-0.2, 0) is 9.59 Å². The van der Waals surface area contributed by atoms with Crippen molar-refractivity contribution in [1.29, 1.82) is 0 Å². The molecule has 24 heavy (non-hydrogen) atoms. The maximum atomic E-state index is 12.8. The summed E-state index contributed by atoms with van der Waals surface area (Å²) < 4.78 is 0. The van der Waals surface area contributed by atoms with Crippen LogP contribution in [0.25, 0.3) is 0 Å². The van der Waals surface area contributed by atoms with Gasteiger partial charge in [0.2, 0.25) is 11.8 Å². The number of para-hydroxylation sites is 2. The number of hydrogen-bond donors (Lipinski definition) is 1. The molecule has 2 amide bonds. The number of hydrogen-bond acceptors (Lipinski definition) is 3. The zero-order valence-corrected chi connectivity index (χ0v) is 14.0. The summed E-state index contributed by atoms with van der Waals surface area (Å²) in [5.74, 6) is 1.54. The molecule has 1 N–H and O–H groups in total. The van der Waals surface area contributed by atoms with Gasteiger partial charge < -0.3 is 5.32 Å². The number of rotatable bonds is 2. The number of fused-ring (bicyclic) bond motifs is 2. The van der Waals surface area contributed by atoms with Crippen molar-refractivity contribution >= 4 is 23.2 Å². The number of anilines is 2. The lowest BCUT2D eigenvalue weighted by molar-refractivity contribution is -0.123. The molecule has 2 aliphatic heterocycles. The second kappa shape index (κ2) is 6.55. The maximum Gasteiger partial charge on any atom is 0.244 e. The first kappa shape index (κ1) is 15.6. The first-order valence-electron chi connectivity index (χ1n) is 9.12. The average Bonchev–Trinajstić information content (AvgIpc) is 2.60. The number of likely N-dealkylation sites (tertiary alicyclic amines) is 1. The van der Waals surface area contributed by atoms with E-state index in [1.165, 1.54) is 32.1 Å². The van der Waals surface area contributed by atoms with E-state index >= 15 is 0 Å². The molecule has 0 unspecified atom stereocenters. The van der Waals surface area contributed by atoms with Crippen molar-refractivity contribution in [3.8, 4) is 0 Å². The normalized spacial score (nSPS) is 27.2. The van der Waals surface area contributed by atoms with Crippen LogP contribution < -0.4 is 10.2 Å². The van der Waals surface area contributed by atoms with Crippen molar-refractivity contribution in [2.75, 3.05) is 36.4 Å². The number of benzene rings is 1. The van der Waals surface area contributed by atoms with Gasteiger partial charge in [-0.15, -0.1) is 0 Å². The van der Waals surface area contributed by atoms with Crippen LogP contribution in [0.2, 0.25) is 0 Å². The fourth-order valence-corrected chi connectivity index (χ4v) is 4.55. The van der Waals surface area contributed by atoms with Gasteiger partial charge in [0.1, 0.15) is 6.54 Å². The number of nitrogens with zero attached hydrogens (tertiary/aromatic N) is 2. The van der Waals surface area contributed by atoms with Gasteiger partial charge in [0.05, 0.1) is 17.9 Å². The molecule has 1 aliphatic carbocycles. The Labute approximate surface area is 143 Å². The van der Waals surface area contributed by atoms with Gasteiger partial charge in [-0.25, -0.2) is 0 Å². The van der Waals surface area contributed by atoms with Crippen molar-refractivity contribution in [3.05, 3.63) is 24.3 Å². The lowest BCUT2D eigenvalue weighted by atomic mass is 9.75. The third kappa shape index (κ3) is 3.05. The summed E-state index contributed by atoms with van der Waals surface area (Å²) in [6.07, 6.45) is 6.61. The minimum atomic E-state index is -0.118. The maximum absolute atomic E-state index is 12.8. The molecule has 1 aromatic rings. The van der Waals surface area contributed by atoms with Gasteiger partial charge in [-0.2, -0.15) is 0 Å². The molecule has 128 valence electrons. The first-order chi connectivity index (χ1) is 11.7. The summed E-state index contributed by atoms with van der Waals surface area (Å²) >= 11 is 0. The number of nitrogens with one attached hydrogen (secondary N) is 1. The van der Waals surface area contributed by atoms with Gasteiger partial charge in [0, 0.05) is 6.54 Å². The molecule has 0 spiro atoms. The van der Waals surface area contributed by atoms with Crippen LogP contribution in [0.3, 0.4) is 0 Å². The first-order valence-corrected chi connectivity index (χ1v) is 9.12. The summed E-state index contributed by atoms with van der Waals surface area (Å²) in [7, 11) is 0. The van der Waals surface area contributed by atoms with E-state index in [9.17, 15) is 9.59 Å².